The van der Waals surface area contributed by atoms with Crippen molar-refractivity contribution in [1.29, 1.82) is 0 Å². The summed E-state index contributed by atoms with van der Waals surface area (Å²) in [5.74, 6) is -0.862. The number of nitrogens with two attached hydrogens (primary N) is 1. The second kappa shape index (κ2) is 30.1. The number of carbonyl (C=O) groups excluding carboxylic acids is 2. The average molecular weight is 622 g/mol. The van der Waals surface area contributed by atoms with E-state index in [1.807, 2.05) is 6.92 Å². The lowest BCUT2D eigenvalue weighted by molar-refractivity contribution is -0.161. The van der Waals surface area contributed by atoms with Gasteiger partial charge in [-0.2, -0.15) is 0 Å². The molecule has 3 N–H and O–H groups in total. The number of hydrogen-bond acceptors (Lipinski definition) is 8. The molecule has 0 aliphatic carbocycles. The Hall–Kier alpha value is -0.990. The summed E-state index contributed by atoms with van der Waals surface area (Å²) in [5.41, 5.74) is 5.28. The van der Waals surface area contributed by atoms with Crippen molar-refractivity contribution in [2.75, 3.05) is 26.4 Å². The Bertz CT molecular complexity index is 679. The highest BCUT2D eigenvalue weighted by Gasteiger charge is 2.25. The second-order valence-electron chi connectivity index (χ2n) is 11.4. The van der Waals surface area contributed by atoms with Gasteiger partial charge in [-0.15, -0.1) is 0 Å². The first kappa shape index (κ1) is 41.0. The number of phosphoric ester groups is 1. The molecule has 0 bridgehead atoms. The van der Waals surface area contributed by atoms with Gasteiger partial charge in [-0.25, -0.2) is 4.57 Å². The van der Waals surface area contributed by atoms with Crippen LogP contribution in [0.5, 0.6) is 0 Å². The van der Waals surface area contributed by atoms with Crippen LogP contribution in [-0.4, -0.2) is 49.3 Å². The highest BCUT2D eigenvalue weighted by Crippen LogP contribution is 2.43. The number of hydrogen-bond donors (Lipinski definition) is 2. The van der Waals surface area contributed by atoms with Gasteiger partial charge in [0.2, 0.25) is 0 Å². The summed E-state index contributed by atoms with van der Waals surface area (Å²) < 4.78 is 32.1. The van der Waals surface area contributed by atoms with E-state index in [-0.39, 0.29) is 32.6 Å². The molecule has 0 rings (SSSR count). The van der Waals surface area contributed by atoms with E-state index in [2.05, 4.69) is 6.92 Å². The van der Waals surface area contributed by atoms with Crippen molar-refractivity contribution < 1.29 is 37.6 Å². The van der Waals surface area contributed by atoms with Gasteiger partial charge in [0, 0.05) is 19.4 Å². The minimum absolute atomic E-state index is 0.0564. The fraction of sp³-hybridized carbons (Fsp3) is 0.938. The van der Waals surface area contributed by atoms with E-state index in [4.69, 9.17) is 24.3 Å². The molecule has 0 heterocycles. The maximum absolute atomic E-state index is 12.4. The van der Waals surface area contributed by atoms with Gasteiger partial charge in [-0.1, -0.05) is 136 Å². The molecule has 0 aromatic carbocycles. The summed E-state index contributed by atoms with van der Waals surface area (Å²) in [4.78, 5) is 33.9. The van der Waals surface area contributed by atoms with E-state index < -0.39 is 32.5 Å². The zero-order valence-corrected chi connectivity index (χ0v) is 27.9. The number of phosphoric acid groups is 1. The van der Waals surface area contributed by atoms with Crippen molar-refractivity contribution in [3.05, 3.63) is 0 Å². The van der Waals surface area contributed by atoms with Crippen LogP contribution in [0.15, 0.2) is 0 Å². The third-order valence-corrected chi connectivity index (χ3v) is 8.23. The van der Waals surface area contributed by atoms with Crippen molar-refractivity contribution in [3.63, 3.8) is 0 Å². The zero-order chi connectivity index (χ0) is 31.2. The number of ether oxygens (including phenoxy) is 2. The number of esters is 2. The van der Waals surface area contributed by atoms with Gasteiger partial charge < -0.3 is 20.1 Å². The summed E-state index contributed by atoms with van der Waals surface area (Å²) in [6.07, 6.45) is 25.4. The van der Waals surface area contributed by atoms with Crippen LogP contribution in [0.4, 0.5) is 0 Å². The van der Waals surface area contributed by atoms with Gasteiger partial charge in [-0.05, 0) is 12.8 Å². The van der Waals surface area contributed by atoms with Gasteiger partial charge >= 0.3 is 19.8 Å². The molecule has 0 spiro atoms. The molecule has 0 aromatic heterocycles. The highest BCUT2D eigenvalue weighted by atomic mass is 31.2. The van der Waals surface area contributed by atoms with E-state index in [1.165, 1.54) is 103 Å². The Balaban J connectivity index is 3.89. The molecule has 0 saturated carbocycles. The summed E-state index contributed by atoms with van der Waals surface area (Å²) in [6.45, 7) is 3.47. The minimum atomic E-state index is -4.34. The SMILES string of the molecule is CCCCCCCCCCCCCCCCCCCCCC(=O)OC(COC(=O)CCCC)COP(=O)(O)OCCN. The topological polar surface area (TPSA) is 134 Å². The molecule has 0 radical (unpaired) electrons. The molecule has 0 aliphatic rings. The predicted molar refractivity (Wildman–Crippen MR) is 169 cm³/mol. The fourth-order valence-corrected chi connectivity index (χ4v) is 5.44. The van der Waals surface area contributed by atoms with E-state index in [0.29, 0.717) is 12.8 Å². The molecule has 42 heavy (non-hydrogen) atoms. The molecule has 0 fully saturated rings. The van der Waals surface area contributed by atoms with Gasteiger partial charge in [0.1, 0.15) is 6.61 Å². The Morgan fingerprint density at radius 3 is 1.50 bits per heavy atom. The summed E-state index contributed by atoms with van der Waals surface area (Å²) in [5, 5.41) is 0. The number of carbonyl (C=O) groups is 2. The second-order valence-corrected chi connectivity index (χ2v) is 12.9. The van der Waals surface area contributed by atoms with Crippen molar-refractivity contribution in [2.24, 2.45) is 5.73 Å². The summed E-state index contributed by atoms with van der Waals surface area (Å²) in [7, 11) is -4.34. The predicted octanol–water partition coefficient (Wildman–Crippen LogP) is 8.55. The zero-order valence-electron chi connectivity index (χ0n) is 27.0. The molecule has 250 valence electrons. The van der Waals surface area contributed by atoms with Gasteiger partial charge in [0.05, 0.1) is 13.2 Å². The molecular weight excluding hydrogens is 557 g/mol. The Labute approximate surface area is 257 Å². The Morgan fingerprint density at radius 1 is 0.619 bits per heavy atom. The first-order valence-electron chi connectivity index (χ1n) is 17.0. The van der Waals surface area contributed by atoms with Crippen LogP contribution < -0.4 is 5.73 Å². The molecular formula is C32H64NO8P. The summed E-state index contributed by atoms with van der Waals surface area (Å²) in [6, 6.07) is 0. The lowest BCUT2D eigenvalue weighted by Crippen LogP contribution is -2.29. The van der Waals surface area contributed by atoms with Crippen LogP contribution in [0, 0.1) is 0 Å². The maximum Gasteiger partial charge on any atom is 0.472 e. The molecule has 2 atom stereocenters. The van der Waals surface area contributed by atoms with Crippen molar-refractivity contribution in [1.82, 2.24) is 0 Å². The Morgan fingerprint density at radius 2 is 1.05 bits per heavy atom. The van der Waals surface area contributed by atoms with E-state index in [9.17, 15) is 19.0 Å². The monoisotopic (exact) mass is 621 g/mol. The smallest absolute Gasteiger partial charge is 0.462 e. The quantitative estimate of drug-likeness (QED) is 0.0430. The molecule has 0 saturated heterocycles. The minimum Gasteiger partial charge on any atom is -0.462 e. The van der Waals surface area contributed by atoms with Crippen LogP contribution >= 0.6 is 7.82 Å². The third-order valence-electron chi connectivity index (χ3n) is 7.24. The molecule has 9 nitrogen and oxygen atoms in total. The molecule has 0 amide bonds. The van der Waals surface area contributed by atoms with Crippen LogP contribution in [-0.2, 0) is 32.7 Å². The third kappa shape index (κ3) is 29.1. The van der Waals surface area contributed by atoms with Crippen LogP contribution in [0.3, 0.4) is 0 Å². The van der Waals surface area contributed by atoms with Gasteiger partial charge in [-0.3, -0.25) is 18.6 Å². The highest BCUT2D eigenvalue weighted by molar-refractivity contribution is 7.47. The molecule has 0 aliphatic heterocycles. The largest absolute Gasteiger partial charge is 0.472 e. The number of rotatable bonds is 32. The molecule has 0 aromatic rings. The summed E-state index contributed by atoms with van der Waals surface area (Å²) >= 11 is 0. The van der Waals surface area contributed by atoms with Crippen molar-refractivity contribution >= 4 is 19.8 Å². The average Bonchev–Trinajstić information content (AvgIpc) is 2.97. The van der Waals surface area contributed by atoms with Crippen LogP contribution in [0.25, 0.3) is 0 Å². The van der Waals surface area contributed by atoms with E-state index in [0.717, 1.165) is 19.3 Å². The standard InChI is InChI=1S/C32H64NO8P/c1-3-5-7-8-9-10-11-12-13-14-15-16-17-18-19-20-21-22-23-25-32(35)41-30(28-38-31(34)24-6-4-2)29-40-42(36,37)39-27-26-33/h30H,3-29,33H2,1-2H3,(H,36,37). The molecule has 10 heteroatoms. The van der Waals surface area contributed by atoms with Crippen LogP contribution in [0.2, 0.25) is 0 Å². The Kier molecular flexibility index (Phi) is 29.3. The first-order valence-corrected chi connectivity index (χ1v) is 18.5. The molecule has 2 unspecified atom stereocenters. The maximum atomic E-state index is 12.4. The van der Waals surface area contributed by atoms with Crippen molar-refractivity contribution in [3.8, 4) is 0 Å². The van der Waals surface area contributed by atoms with E-state index in [1.54, 1.807) is 0 Å². The lowest BCUT2D eigenvalue weighted by atomic mass is 10.0. The first-order chi connectivity index (χ1) is 20.3. The fourth-order valence-electron chi connectivity index (χ4n) is 4.67. The normalized spacial score (nSPS) is 13.5. The van der Waals surface area contributed by atoms with Crippen molar-refractivity contribution in [2.45, 2.75) is 168 Å². The lowest BCUT2D eigenvalue weighted by Gasteiger charge is -2.19. The number of unbranched alkanes of at least 4 members (excludes halogenated alkanes) is 19. The van der Waals surface area contributed by atoms with Gasteiger partial charge in [0.15, 0.2) is 6.10 Å². The van der Waals surface area contributed by atoms with Gasteiger partial charge in [0.25, 0.3) is 0 Å². The van der Waals surface area contributed by atoms with E-state index >= 15 is 0 Å². The van der Waals surface area contributed by atoms with Crippen LogP contribution in [0.1, 0.15) is 162 Å².